The molecule has 0 bridgehead atoms. The molecule has 1 aromatic rings. The Kier molecular flexibility index (Phi) is 3.61. The van der Waals surface area contributed by atoms with E-state index in [2.05, 4.69) is 4.90 Å². The molecule has 2 saturated heterocycles. The van der Waals surface area contributed by atoms with Gasteiger partial charge in [0.1, 0.15) is 5.82 Å². The molecule has 2 fully saturated rings. The molecule has 1 amide bonds. The lowest BCUT2D eigenvalue weighted by atomic mass is 10.1. The number of anilines is 1. The monoisotopic (exact) mass is 277 g/mol. The minimum Gasteiger partial charge on any atom is -0.399 e. The highest BCUT2D eigenvalue weighted by Gasteiger charge is 2.32. The Morgan fingerprint density at radius 2 is 2.00 bits per heavy atom. The summed E-state index contributed by atoms with van der Waals surface area (Å²) in [5.74, 6) is -0.746. The molecule has 0 spiro atoms. The number of nitrogen functional groups attached to an aromatic ring is 1. The molecule has 5 heteroatoms. The molecule has 20 heavy (non-hydrogen) atoms. The standard InChI is InChI=1S/C15H20FN3O/c16-14-9-11(17)3-4-13(14)15(20)19-8-5-12(10-19)18-6-1-2-7-18/h3-4,9,12H,1-2,5-8,10,17H2. The molecule has 1 aromatic carbocycles. The van der Waals surface area contributed by atoms with Gasteiger partial charge in [-0.05, 0) is 50.6 Å². The van der Waals surface area contributed by atoms with Gasteiger partial charge in [0.2, 0.25) is 0 Å². The summed E-state index contributed by atoms with van der Waals surface area (Å²) in [5.41, 5.74) is 5.98. The van der Waals surface area contributed by atoms with E-state index < -0.39 is 5.82 Å². The zero-order valence-electron chi connectivity index (χ0n) is 11.5. The second kappa shape index (κ2) is 5.40. The Morgan fingerprint density at radius 1 is 1.25 bits per heavy atom. The van der Waals surface area contributed by atoms with Gasteiger partial charge in [-0.2, -0.15) is 0 Å². The van der Waals surface area contributed by atoms with Crippen molar-refractivity contribution in [1.82, 2.24) is 9.80 Å². The summed E-state index contributed by atoms with van der Waals surface area (Å²) in [6.45, 7) is 3.68. The van der Waals surface area contributed by atoms with E-state index in [0.717, 1.165) is 19.5 Å². The number of rotatable bonds is 2. The topological polar surface area (TPSA) is 49.6 Å². The molecule has 0 saturated carbocycles. The highest BCUT2D eigenvalue weighted by Crippen LogP contribution is 2.23. The molecule has 0 aliphatic carbocycles. The number of likely N-dealkylation sites (tertiary alicyclic amines) is 2. The van der Waals surface area contributed by atoms with Crippen LogP contribution in [0.2, 0.25) is 0 Å². The number of nitrogens with zero attached hydrogens (tertiary/aromatic N) is 2. The lowest BCUT2D eigenvalue weighted by Crippen LogP contribution is -2.37. The van der Waals surface area contributed by atoms with Gasteiger partial charge in [0.25, 0.3) is 5.91 Å². The molecule has 2 heterocycles. The number of amides is 1. The molecule has 1 atom stereocenters. The van der Waals surface area contributed by atoms with E-state index in [4.69, 9.17) is 5.73 Å². The Balaban J connectivity index is 1.69. The molecular formula is C15H20FN3O. The minimum absolute atomic E-state index is 0.126. The maximum atomic E-state index is 13.8. The van der Waals surface area contributed by atoms with E-state index >= 15 is 0 Å². The Hall–Kier alpha value is -1.62. The van der Waals surface area contributed by atoms with Gasteiger partial charge < -0.3 is 10.6 Å². The first kappa shape index (κ1) is 13.4. The number of carbonyl (C=O) groups is 1. The van der Waals surface area contributed by atoms with Gasteiger partial charge >= 0.3 is 0 Å². The van der Waals surface area contributed by atoms with Crippen molar-refractivity contribution in [3.63, 3.8) is 0 Å². The molecule has 4 nitrogen and oxygen atoms in total. The SMILES string of the molecule is Nc1ccc(C(=O)N2CCC(N3CCCC3)C2)c(F)c1. The number of halogens is 1. The summed E-state index contributed by atoms with van der Waals surface area (Å²) < 4.78 is 13.8. The Bertz CT molecular complexity index is 514. The van der Waals surface area contributed by atoms with Crippen LogP contribution in [0.5, 0.6) is 0 Å². The fourth-order valence-electron chi connectivity index (χ4n) is 3.21. The minimum atomic E-state index is -0.528. The van der Waals surface area contributed by atoms with Crippen molar-refractivity contribution < 1.29 is 9.18 Å². The van der Waals surface area contributed by atoms with Crippen LogP contribution in [-0.2, 0) is 0 Å². The van der Waals surface area contributed by atoms with Gasteiger partial charge in [-0.15, -0.1) is 0 Å². The summed E-state index contributed by atoms with van der Waals surface area (Å²) in [4.78, 5) is 16.6. The van der Waals surface area contributed by atoms with E-state index in [0.29, 0.717) is 24.8 Å². The van der Waals surface area contributed by atoms with E-state index in [9.17, 15) is 9.18 Å². The third kappa shape index (κ3) is 2.50. The highest BCUT2D eigenvalue weighted by atomic mass is 19.1. The Labute approximate surface area is 118 Å². The predicted molar refractivity (Wildman–Crippen MR) is 75.9 cm³/mol. The van der Waals surface area contributed by atoms with Crippen LogP contribution in [-0.4, -0.2) is 47.9 Å². The summed E-state index contributed by atoms with van der Waals surface area (Å²) in [6.07, 6.45) is 3.48. The van der Waals surface area contributed by atoms with Crippen molar-refractivity contribution in [3.05, 3.63) is 29.6 Å². The summed E-state index contributed by atoms with van der Waals surface area (Å²) in [7, 11) is 0. The molecule has 1 unspecified atom stereocenters. The maximum Gasteiger partial charge on any atom is 0.256 e. The first-order chi connectivity index (χ1) is 9.65. The average Bonchev–Trinajstić information content (AvgIpc) is 3.09. The molecule has 108 valence electrons. The van der Waals surface area contributed by atoms with Crippen molar-refractivity contribution in [1.29, 1.82) is 0 Å². The van der Waals surface area contributed by atoms with Crippen molar-refractivity contribution in [3.8, 4) is 0 Å². The summed E-state index contributed by atoms with van der Waals surface area (Å²) >= 11 is 0. The quantitative estimate of drug-likeness (QED) is 0.837. The second-order valence-corrected chi connectivity index (χ2v) is 5.68. The number of carbonyl (C=O) groups excluding carboxylic acids is 1. The van der Waals surface area contributed by atoms with Gasteiger partial charge in [-0.1, -0.05) is 0 Å². The van der Waals surface area contributed by atoms with Crippen LogP contribution in [0, 0.1) is 5.82 Å². The molecule has 0 radical (unpaired) electrons. The van der Waals surface area contributed by atoms with Gasteiger partial charge in [-0.25, -0.2) is 4.39 Å². The van der Waals surface area contributed by atoms with E-state index in [1.165, 1.54) is 25.0 Å². The zero-order valence-corrected chi connectivity index (χ0v) is 11.5. The summed E-state index contributed by atoms with van der Waals surface area (Å²) in [6, 6.07) is 4.71. The van der Waals surface area contributed by atoms with Gasteiger partial charge in [0.05, 0.1) is 5.56 Å². The predicted octanol–water partition coefficient (Wildman–Crippen LogP) is 1.72. The fourth-order valence-corrected chi connectivity index (χ4v) is 3.21. The Morgan fingerprint density at radius 3 is 2.70 bits per heavy atom. The van der Waals surface area contributed by atoms with Crippen LogP contribution in [0.1, 0.15) is 29.6 Å². The number of benzene rings is 1. The van der Waals surface area contributed by atoms with Crippen molar-refractivity contribution in [2.24, 2.45) is 0 Å². The lowest BCUT2D eigenvalue weighted by Gasteiger charge is -2.23. The van der Waals surface area contributed by atoms with Crippen LogP contribution in [0.15, 0.2) is 18.2 Å². The zero-order chi connectivity index (χ0) is 14.1. The van der Waals surface area contributed by atoms with Gasteiger partial charge in [-0.3, -0.25) is 9.69 Å². The van der Waals surface area contributed by atoms with Crippen molar-refractivity contribution in [2.45, 2.75) is 25.3 Å². The van der Waals surface area contributed by atoms with Crippen LogP contribution >= 0.6 is 0 Å². The van der Waals surface area contributed by atoms with E-state index in [1.807, 2.05) is 0 Å². The normalized spacial score (nSPS) is 23.4. The number of nitrogens with two attached hydrogens (primary N) is 1. The van der Waals surface area contributed by atoms with Gasteiger partial charge in [0.15, 0.2) is 0 Å². The second-order valence-electron chi connectivity index (χ2n) is 5.68. The fraction of sp³-hybridized carbons (Fsp3) is 0.533. The smallest absolute Gasteiger partial charge is 0.256 e. The first-order valence-electron chi connectivity index (χ1n) is 7.23. The molecule has 2 aliphatic rings. The molecule has 3 rings (SSSR count). The summed E-state index contributed by atoms with van der Waals surface area (Å²) in [5, 5.41) is 0. The van der Waals surface area contributed by atoms with E-state index in [-0.39, 0.29) is 11.5 Å². The van der Waals surface area contributed by atoms with Crippen LogP contribution in [0.4, 0.5) is 10.1 Å². The van der Waals surface area contributed by atoms with Crippen molar-refractivity contribution in [2.75, 3.05) is 31.9 Å². The average molecular weight is 277 g/mol. The third-order valence-corrected chi connectivity index (χ3v) is 4.33. The number of hydrogen-bond acceptors (Lipinski definition) is 3. The molecular weight excluding hydrogens is 257 g/mol. The molecule has 2 N–H and O–H groups in total. The first-order valence-corrected chi connectivity index (χ1v) is 7.23. The van der Waals surface area contributed by atoms with E-state index in [1.54, 1.807) is 11.0 Å². The largest absolute Gasteiger partial charge is 0.399 e. The van der Waals surface area contributed by atoms with Crippen LogP contribution in [0.25, 0.3) is 0 Å². The third-order valence-electron chi connectivity index (χ3n) is 4.33. The number of hydrogen-bond donors (Lipinski definition) is 1. The van der Waals surface area contributed by atoms with Crippen LogP contribution < -0.4 is 5.73 Å². The highest BCUT2D eigenvalue weighted by molar-refractivity contribution is 5.95. The lowest BCUT2D eigenvalue weighted by molar-refractivity contribution is 0.0775. The molecule has 0 aromatic heterocycles. The van der Waals surface area contributed by atoms with Crippen LogP contribution in [0.3, 0.4) is 0 Å². The van der Waals surface area contributed by atoms with Crippen molar-refractivity contribution >= 4 is 11.6 Å². The van der Waals surface area contributed by atoms with Gasteiger partial charge in [0, 0.05) is 24.8 Å². The molecule has 2 aliphatic heterocycles. The maximum absolute atomic E-state index is 13.8.